The van der Waals surface area contributed by atoms with Crippen molar-refractivity contribution in [3.63, 3.8) is 0 Å². The van der Waals surface area contributed by atoms with E-state index >= 15 is 0 Å². The summed E-state index contributed by atoms with van der Waals surface area (Å²) >= 11 is 0. The Morgan fingerprint density at radius 1 is 1.32 bits per heavy atom. The van der Waals surface area contributed by atoms with Crippen LogP contribution in [0.2, 0.25) is 0 Å². The summed E-state index contributed by atoms with van der Waals surface area (Å²) in [6.07, 6.45) is 3.23. The summed E-state index contributed by atoms with van der Waals surface area (Å²) in [7, 11) is -3.15. The largest absolute Gasteiger partial charge is 0.325 e. The highest BCUT2D eigenvalue weighted by molar-refractivity contribution is 7.88. The first kappa shape index (κ1) is 17.0. The first-order chi connectivity index (χ1) is 10.3. The number of hydrogen-bond acceptors (Lipinski definition) is 3. The smallest absolute Gasteiger partial charge is 0.227 e. The van der Waals surface area contributed by atoms with Gasteiger partial charge in [-0.3, -0.25) is 4.79 Å². The number of nitrogens with one attached hydrogen (secondary N) is 1. The minimum Gasteiger partial charge on any atom is -0.325 e. The van der Waals surface area contributed by atoms with E-state index in [4.69, 9.17) is 0 Å². The van der Waals surface area contributed by atoms with Gasteiger partial charge in [-0.1, -0.05) is 25.1 Å². The van der Waals surface area contributed by atoms with Crippen molar-refractivity contribution < 1.29 is 13.2 Å². The third-order valence-electron chi connectivity index (χ3n) is 4.28. The fourth-order valence-corrected chi connectivity index (χ4v) is 3.75. The lowest BCUT2D eigenvalue weighted by Crippen LogP contribution is -2.41. The van der Waals surface area contributed by atoms with E-state index in [0.29, 0.717) is 25.9 Å². The van der Waals surface area contributed by atoms with Gasteiger partial charge in [-0.25, -0.2) is 12.7 Å². The molecule has 0 unspecified atom stereocenters. The van der Waals surface area contributed by atoms with Crippen LogP contribution in [0.4, 0.5) is 5.69 Å². The Morgan fingerprint density at radius 2 is 1.95 bits per heavy atom. The Morgan fingerprint density at radius 3 is 2.50 bits per heavy atom. The SMILES string of the molecule is CCc1cccc(C)c1NC(=O)C1CCN(S(C)(=O)=O)CC1. The van der Waals surface area contributed by atoms with Crippen LogP contribution in [-0.4, -0.2) is 38.0 Å². The van der Waals surface area contributed by atoms with Crippen molar-refractivity contribution in [3.05, 3.63) is 29.3 Å². The predicted octanol–water partition coefficient (Wildman–Crippen LogP) is 2.17. The number of anilines is 1. The molecule has 1 aromatic rings. The molecule has 22 heavy (non-hydrogen) atoms. The molecule has 1 aliphatic rings. The summed E-state index contributed by atoms with van der Waals surface area (Å²) in [6, 6.07) is 6.00. The van der Waals surface area contributed by atoms with Crippen molar-refractivity contribution in [2.45, 2.75) is 33.1 Å². The number of hydrogen-bond donors (Lipinski definition) is 1. The molecular formula is C16H24N2O3S. The highest BCUT2D eigenvalue weighted by Gasteiger charge is 2.29. The number of sulfonamides is 1. The Bertz CT molecular complexity index is 647. The molecule has 0 radical (unpaired) electrons. The monoisotopic (exact) mass is 324 g/mol. The number of amides is 1. The molecule has 1 saturated heterocycles. The third kappa shape index (κ3) is 3.87. The number of aryl methyl sites for hydroxylation is 2. The Labute approximate surface area is 132 Å². The van der Waals surface area contributed by atoms with E-state index in [1.807, 2.05) is 25.1 Å². The molecule has 0 spiro atoms. The molecule has 1 amide bonds. The fraction of sp³-hybridized carbons (Fsp3) is 0.562. The van der Waals surface area contributed by atoms with Crippen LogP contribution >= 0.6 is 0 Å². The maximum atomic E-state index is 12.5. The average Bonchev–Trinajstić information content (AvgIpc) is 2.48. The Kier molecular flexibility index (Phi) is 5.24. The number of rotatable bonds is 4. The fourth-order valence-electron chi connectivity index (χ4n) is 2.88. The van der Waals surface area contributed by atoms with Crippen molar-refractivity contribution in [2.24, 2.45) is 5.92 Å². The highest BCUT2D eigenvalue weighted by Crippen LogP contribution is 2.25. The van der Waals surface area contributed by atoms with E-state index in [9.17, 15) is 13.2 Å². The van der Waals surface area contributed by atoms with Crippen molar-refractivity contribution in [3.8, 4) is 0 Å². The van der Waals surface area contributed by atoms with Gasteiger partial charge in [0.1, 0.15) is 0 Å². The lowest BCUT2D eigenvalue weighted by molar-refractivity contribution is -0.120. The molecule has 0 atom stereocenters. The first-order valence-electron chi connectivity index (χ1n) is 7.67. The van der Waals surface area contributed by atoms with Crippen LogP contribution in [0.5, 0.6) is 0 Å². The molecule has 0 aliphatic carbocycles. The molecule has 1 aromatic carbocycles. The number of para-hydroxylation sites is 1. The summed E-state index contributed by atoms with van der Waals surface area (Å²) in [4.78, 5) is 12.5. The van der Waals surface area contributed by atoms with Gasteiger partial charge in [-0.2, -0.15) is 0 Å². The van der Waals surface area contributed by atoms with Crippen LogP contribution in [0.25, 0.3) is 0 Å². The summed E-state index contributed by atoms with van der Waals surface area (Å²) < 4.78 is 24.5. The van der Waals surface area contributed by atoms with Gasteiger partial charge in [-0.05, 0) is 37.3 Å². The standard InChI is InChI=1S/C16H24N2O3S/c1-4-13-7-5-6-12(2)15(13)17-16(19)14-8-10-18(11-9-14)22(3,20)21/h5-7,14H,4,8-11H2,1-3H3,(H,17,19). The second kappa shape index (κ2) is 6.79. The average molecular weight is 324 g/mol. The Hall–Kier alpha value is -1.40. The molecule has 1 N–H and O–H groups in total. The van der Waals surface area contributed by atoms with Gasteiger partial charge in [0.2, 0.25) is 15.9 Å². The zero-order valence-electron chi connectivity index (χ0n) is 13.4. The van der Waals surface area contributed by atoms with Crippen LogP contribution in [0.3, 0.4) is 0 Å². The van der Waals surface area contributed by atoms with E-state index in [-0.39, 0.29) is 11.8 Å². The zero-order valence-corrected chi connectivity index (χ0v) is 14.2. The molecule has 0 aromatic heterocycles. The molecule has 1 fully saturated rings. The molecule has 0 bridgehead atoms. The van der Waals surface area contributed by atoms with E-state index in [1.165, 1.54) is 10.6 Å². The van der Waals surface area contributed by atoms with Crippen molar-refractivity contribution in [2.75, 3.05) is 24.7 Å². The minimum absolute atomic E-state index is 0.00264. The highest BCUT2D eigenvalue weighted by atomic mass is 32.2. The van der Waals surface area contributed by atoms with Crippen LogP contribution in [-0.2, 0) is 21.2 Å². The van der Waals surface area contributed by atoms with Crippen LogP contribution in [0.1, 0.15) is 30.9 Å². The summed E-state index contributed by atoms with van der Waals surface area (Å²) in [5, 5.41) is 3.05. The molecule has 1 heterocycles. The summed E-state index contributed by atoms with van der Waals surface area (Å²) in [6.45, 7) is 4.90. The maximum absolute atomic E-state index is 12.5. The molecule has 122 valence electrons. The van der Waals surface area contributed by atoms with Gasteiger partial charge >= 0.3 is 0 Å². The molecule has 0 saturated carbocycles. The van der Waals surface area contributed by atoms with Gasteiger partial charge in [0, 0.05) is 24.7 Å². The van der Waals surface area contributed by atoms with Crippen LogP contribution < -0.4 is 5.32 Å². The van der Waals surface area contributed by atoms with Crippen LogP contribution in [0, 0.1) is 12.8 Å². The zero-order chi connectivity index (χ0) is 16.3. The number of carbonyl (C=O) groups is 1. The topological polar surface area (TPSA) is 66.5 Å². The minimum atomic E-state index is -3.15. The second-order valence-corrected chi connectivity index (χ2v) is 7.87. The normalized spacial score (nSPS) is 17.4. The quantitative estimate of drug-likeness (QED) is 0.923. The number of piperidine rings is 1. The van der Waals surface area contributed by atoms with Crippen molar-refractivity contribution >= 4 is 21.6 Å². The Balaban J connectivity index is 2.03. The van der Waals surface area contributed by atoms with E-state index in [1.54, 1.807) is 0 Å². The van der Waals surface area contributed by atoms with Gasteiger partial charge in [0.05, 0.1) is 6.26 Å². The van der Waals surface area contributed by atoms with Crippen molar-refractivity contribution in [1.82, 2.24) is 4.31 Å². The molecule has 1 aliphatic heterocycles. The number of benzene rings is 1. The lowest BCUT2D eigenvalue weighted by Gasteiger charge is -2.29. The second-order valence-electron chi connectivity index (χ2n) is 5.89. The summed E-state index contributed by atoms with van der Waals surface area (Å²) in [5.74, 6) is -0.125. The summed E-state index contributed by atoms with van der Waals surface area (Å²) in [5.41, 5.74) is 3.09. The van der Waals surface area contributed by atoms with E-state index < -0.39 is 10.0 Å². The van der Waals surface area contributed by atoms with Crippen molar-refractivity contribution in [1.29, 1.82) is 0 Å². The first-order valence-corrected chi connectivity index (χ1v) is 9.52. The molecule has 5 nitrogen and oxygen atoms in total. The van der Waals surface area contributed by atoms with Gasteiger partial charge in [0.25, 0.3) is 0 Å². The number of carbonyl (C=O) groups excluding carboxylic acids is 1. The van der Waals surface area contributed by atoms with Gasteiger partial charge < -0.3 is 5.32 Å². The molecule has 6 heteroatoms. The van der Waals surface area contributed by atoms with Crippen LogP contribution in [0.15, 0.2) is 18.2 Å². The predicted molar refractivity (Wildman–Crippen MR) is 88.3 cm³/mol. The lowest BCUT2D eigenvalue weighted by atomic mass is 9.96. The van der Waals surface area contributed by atoms with E-state index in [0.717, 1.165) is 23.2 Å². The molecular weight excluding hydrogens is 300 g/mol. The third-order valence-corrected chi connectivity index (χ3v) is 5.59. The maximum Gasteiger partial charge on any atom is 0.227 e. The van der Waals surface area contributed by atoms with Gasteiger partial charge in [-0.15, -0.1) is 0 Å². The van der Waals surface area contributed by atoms with E-state index in [2.05, 4.69) is 12.2 Å². The molecule has 2 rings (SSSR count). The van der Waals surface area contributed by atoms with Gasteiger partial charge in [0.15, 0.2) is 0 Å². The number of nitrogens with zero attached hydrogens (tertiary/aromatic N) is 1.